The Hall–Kier alpha value is -2.05. The Morgan fingerprint density at radius 3 is 1.39 bits per heavy atom. The molecule has 0 radical (unpaired) electrons. The van der Waals surface area contributed by atoms with E-state index in [-0.39, 0.29) is 89.0 Å². The number of fused-ring (bicyclic) bond motifs is 10. The van der Waals surface area contributed by atoms with Crippen LogP contribution in [0.15, 0.2) is 23.3 Å². The van der Waals surface area contributed by atoms with E-state index < -0.39 is 220 Å². The predicted octanol–water partition coefficient (Wildman–Crippen LogP) is 3.60. The normalized spacial score (nSPS) is 49.7. The molecule has 11 fully saturated rings. The molecule has 0 amide bonds. The van der Waals surface area contributed by atoms with Crippen molar-refractivity contribution < 1.29 is 154 Å². The van der Waals surface area contributed by atoms with Crippen LogP contribution in [0.1, 0.15) is 241 Å². The van der Waals surface area contributed by atoms with Crippen molar-refractivity contribution in [2.45, 2.75) is 430 Å². The summed E-state index contributed by atoms with van der Waals surface area (Å²) in [5, 5.41) is 216. The SMILES string of the molecule is C.CC(CCC(C)C(C)(C)O)C1CCC2(C)C3CC=C4C(CCC(O)C4(C)C)C3(C)C(O)CC12C.CCC1OC(OCC2OC(OC(CCC(C)C3CCC4(C)C5CC=C6C(CCC(OC7OC(COC8OC(CO)C(O)C(O)C8O)C(O)C(O)C7O)C6(C)C)C5(C)C(=O)CC34C)C(C)(C)O)C(OC3OC(CO)C(O)C(O)C3O)C(O)C2O)C(O)C(O)C1O. The van der Waals surface area contributed by atoms with E-state index in [1.165, 1.54) is 32.3 Å². The Labute approximate surface area is 733 Å². The number of aliphatic hydroxyl groups is 20. The minimum absolute atomic E-state index is 0. The second-order valence-electron chi connectivity index (χ2n) is 43.7. The van der Waals surface area contributed by atoms with Gasteiger partial charge in [-0.05, 0) is 199 Å². The van der Waals surface area contributed by atoms with Crippen molar-refractivity contribution in [3.05, 3.63) is 23.3 Å². The van der Waals surface area contributed by atoms with Crippen molar-refractivity contribution in [3.8, 4) is 0 Å². The van der Waals surface area contributed by atoms with Gasteiger partial charge in [0.05, 0.1) is 68.1 Å². The van der Waals surface area contributed by atoms with E-state index in [0.717, 1.165) is 56.9 Å². The molecule has 44 atom stereocenters. The van der Waals surface area contributed by atoms with Crippen LogP contribution in [-0.4, -0.2) is 323 Å². The van der Waals surface area contributed by atoms with E-state index in [2.05, 4.69) is 88.3 Å². The summed E-state index contributed by atoms with van der Waals surface area (Å²) in [6.07, 6.45) is -25.1. The fourth-order valence-corrected chi connectivity index (χ4v) is 26.6. The number of ether oxygens (including phenoxy) is 10. The van der Waals surface area contributed by atoms with Crippen molar-refractivity contribution in [2.24, 2.45) is 96.6 Å². The number of rotatable bonds is 25. The fraction of sp³-hybridized carbons (Fsp3) is 0.946. The van der Waals surface area contributed by atoms with E-state index in [0.29, 0.717) is 61.7 Å². The van der Waals surface area contributed by atoms with Gasteiger partial charge in [0, 0.05) is 28.1 Å². The Bertz CT molecular complexity index is 3600. The fourth-order valence-electron chi connectivity index (χ4n) is 26.6. The third-order valence-electron chi connectivity index (χ3n) is 35.7. The first kappa shape index (κ1) is 102. The van der Waals surface area contributed by atoms with Crippen LogP contribution in [-0.2, 0) is 52.2 Å². The van der Waals surface area contributed by atoms with Gasteiger partial charge in [-0.2, -0.15) is 0 Å². The monoisotopic (exact) mass is 1770 g/mol. The summed E-state index contributed by atoms with van der Waals surface area (Å²) < 4.78 is 59.8. The zero-order valence-electron chi connectivity index (χ0n) is 75.9. The van der Waals surface area contributed by atoms with Gasteiger partial charge in [0.25, 0.3) is 0 Å². The number of carbonyl (C=O) groups is 1. The summed E-state index contributed by atoms with van der Waals surface area (Å²) in [5.74, 6) is 2.28. The third kappa shape index (κ3) is 17.9. The molecule has 5 aliphatic heterocycles. The molecule has 13 rings (SSSR count). The zero-order valence-corrected chi connectivity index (χ0v) is 75.9. The lowest BCUT2D eigenvalue weighted by molar-refractivity contribution is -0.380. The first-order valence-corrected chi connectivity index (χ1v) is 46.1. The number of carbonyl (C=O) groups excluding carboxylic acids is 1. The molecule has 124 heavy (non-hydrogen) atoms. The molecule has 13 aliphatic rings. The van der Waals surface area contributed by atoms with Crippen molar-refractivity contribution in [1.82, 2.24) is 0 Å². The van der Waals surface area contributed by atoms with E-state index in [9.17, 15) is 102 Å². The Morgan fingerprint density at radius 1 is 0.444 bits per heavy atom. The topological polar surface area (TPSA) is 514 Å². The van der Waals surface area contributed by atoms with Crippen molar-refractivity contribution in [3.63, 3.8) is 0 Å². The van der Waals surface area contributed by atoms with Crippen LogP contribution in [0.25, 0.3) is 0 Å². The first-order chi connectivity index (χ1) is 57.1. The van der Waals surface area contributed by atoms with Gasteiger partial charge in [-0.1, -0.05) is 134 Å². The van der Waals surface area contributed by atoms with Crippen molar-refractivity contribution >= 4 is 5.78 Å². The maximum absolute atomic E-state index is 15.4. The molecule has 5 heterocycles. The van der Waals surface area contributed by atoms with Gasteiger partial charge >= 0.3 is 0 Å². The summed E-state index contributed by atoms with van der Waals surface area (Å²) in [7, 11) is 0. The van der Waals surface area contributed by atoms with Crippen molar-refractivity contribution in [1.29, 1.82) is 0 Å². The number of hydrogen-bond acceptors (Lipinski definition) is 31. The second-order valence-corrected chi connectivity index (χ2v) is 43.7. The molecule has 44 unspecified atom stereocenters. The Kier molecular flexibility index (Phi) is 31.4. The van der Waals surface area contributed by atoms with Crippen LogP contribution in [0, 0.1) is 96.6 Å². The van der Waals surface area contributed by atoms with Crippen LogP contribution in [0.3, 0.4) is 0 Å². The van der Waals surface area contributed by atoms with Gasteiger partial charge in [0.2, 0.25) is 0 Å². The highest BCUT2D eigenvalue weighted by atomic mass is 16.8. The van der Waals surface area contributed by atoms with Gasteiger partial charge in [-0.3, -0.25) is 4.79 Å². The minimum atomic E-state index is -1.94. The Morgan fingerprint density at radius 2 is 0.871 bits per heavy atom. The average molecular weight is 1770 g/mol. The summed E-state index contributed by atoms with van der Waals surface area (Å²) in [6, 6.07) is 0. The molecule has 0 spiro atoms. The number of Topliss-reactive ketones (excluding diaryl/α,β-unsaturated/α-hetero) is 1. The van der Waals surface area contributed by atoms with Gasteiger partial charge in [-0.25, -0.2) is 0 Å². The largest absolute Gasteiger partial charge is 0.394 e. The van der Waals surface area contributed by atoms with Gasteiger partial charge < -0.3 is 149 Å². The standard InChI is InChI=1S/C61H102O28.C31H54O3.CH4/c1-10-28-37(65)42(70)47(75)52(82-28)80-23-32-41(69)46(74)51(89-55-50(78)44(72)39(67)30(21-63)84-55)56(86-32)88-36(58(5,6)79)15-11-24(2)25-17-18-59(7)33-14-12-26-27(61(33,9)34(64)19-60(25,59)8)13-16-35(57(26,3)4)87-54-49(77)45(73)40(68)31(85-54)22-81-53-48(76)43(71)38(66)29(20-62)83-53;1-19(10-11-20(2)28(5,6)34)21-16-17-29(7)24-14-12-22-23(13-15-25(32)27(22,3)4)31(24,9)26(33)18-30(21,29)8;/h12,24-25,27-33,35-56,62-63,65-79H,10-11,13-23H2,1-9H3;12,19-21,23-26,32-34H,10-11,13-18H2,1-9H3;1H4. The van der Waals surface area contributed by atoms with Crippen molar-refractivity contribution in [2.75, 3.05) is 26.4 Å². The number of allylic oxidation sites excluding steroid dienone is 2. The van der Waals surface area contributed by atoms with Crippen LogP contribution < -0.4 is 0 Å². The van der Waals surface area contributed by atoms with Gasteiger partial charge in [0.1, 0.15) is 122 Å². The molecular formula is C93H160O31. The number of aliphatic hydroxyl groups excluding tert-OH is 18. The second kappa shape index (κ2) is 38.0. The summed E-state index contributed by atoms with van der Waals surface area (Å²) >= 11 is 0. The van der Waals surface area contributed by atoms with E-state index in [1.54, 1.807) is 6.92 Å². The summed E-state index contributed by atoms with van der Waals surface area (Å²) in [4.78, 5) is 15.4. The molecule has 5 saturated heterocycles. The van der Waals surface area contributed by atoms with E-state index in [1.807, 2.05) is 27.7 Å². The number of hydrogen-bond donors (Lipinski definition) is 20. The predicted molar refractivity (Wildman–Crippen MR) is 449 cm³/mol. The van der Waals surface area contributed by atoms with Crippen LogP contribution >= 0.6 is 0 Å². The highest BCUT2D eigenvalue weighted by Crippen LogP contribution is 2.77. The maximum atomic E-state index is 15.4. The first-order valence-electron chi connectivity index (χ1n) is 46.1. The zero-order chi connectivity index (χ0) is 91.0. The molecular weight excluding hydrogens is 1610 g/mol. The van der Waals surface area contributed by atoms with Crippen LogP contribution in [0.2, 0.25) is 0 Å². The lowest BCUT2D eigenvalue weighted by atomic mass is 9.38. The molecule has 8 aliphatic carbocycles. The molecule has 31 nitrogen and oxygen atoms in total. The molecule has 20 N–H and O–H groups in total. The molecule has 0 bridgehead atoms. The average Bonchev–Trinajstić information content (AvgIpc) is 1.41. The van der Waals surface area contributed by atoms with Crippen LogP contribution in [0.5, 0.6) is 0 Å². The van der Waals surface area contributed by atoms with Crippen LogP contribution in [0.4, 0.5) is 0 Å². The highest BCUT2D eigenvalue weighted by molar-refractivity contribution is 5.88. The van der Waals surface area contributed by atoms with E-state index >= 15 is 4.79 Å². The minimum Gasteiger partial charge on any atom is -0.394 e. The number of ketones is 1. The third-order valence-corrected chi connectivity index (χ3v) is 35.7. The summed E-state index contributed by atoms with van der Waals surface area (Å²) in [6.45, 7) is 35.3. The molecule has 0 aromatic heterocycles. The maximum Gasteiger partial charge on any atom is 0.187 e. The highest BCUT2D eigenvalue weighted by Gasteiger charge is 2.73. The lowest BCUT2D eigenvalue weighted by Gasteiger charge is -2.67. The summed E-state index contributed by atoms with van der Waals surface area (Å²) in [5.41, 5.74) is -2.02. The smallest absolute Gasteiger partial charge is 0.187 e. The quantitative estimate of drug-likeness (QED) is 0.0581. The van der Waals surface area contributed by atoms with Gasteiger partial charge in [-0.15, -0.1) is 0 Å². The molecule has 718 valence electrons. The van der Waals surface area contributed by atoms with Gasteiger partial charge in [0.15, 0.2) is 31.5 Å². The van der Waals surface area contributed by atoms with E-state index in [4.69, 9.17) is 47.4 Å². The lowest BCUT2D eigenvalue weighted by Crippen LogP contribution is -2.65. The molecule has 0 aromatic rings. The molecule has 0 aromatic carbocycles. The molecule has 6 saturated carbocycles. The molecule has 31 heteroatoms. The Balaban J connectivity index is 0.000000355.